The van der Waals surface area contributed by atoms with Crippen molar-refractivity contribution < 1.29 is 9.47 Å². The molecule has 20 heavy (non-hydrogen) atoms. The van der Waals surface area contributed by atoms with Crippen LogP contribution in [0.2, 0.25) is 0 Å². The number of ether oxygens (including phenoxy) is 2. The molecule has 1 aliphatic carbocycles. The first kappa shape index (κ1) is 15.0. The molecular formula is C17H27NO2. The normalized spacial score (nSPS) is 15.9. The quantitative estimate of drug-likeness (QED) is 0.797. The molecule has 3 heteroatoms. The Kier molecular flexibility index (Phi) is 6.03. The van der Waals surface area contributed by atoms with Crippen molar-refractivity contribution in [2.75, 3.05) is 25.1 Å². The Morgan fingerprint density at radius 1 is 1.05 bits per heavy atom. The van der Waals surface area contributed by atoms with Crippen LogP contribution in [-0.2, 0) is 0 Å². The summed E-state index contributed by atoms with van der Waals surface area (Å²) in [5.74, 6) is 2.63. The number of hydrogen-bond donors (Lipinski definition) is 1. The molecule has 0 spiro atoms. The van der Waals surface area contributed by atoms with Crippen molar-refractivity contribution in [2.45, 2.75) is 46.0 Å². The van der Waals surface area contributed by atoms with Crippen molar-refractivity contribution in [3.63, 3.8) is 0 Å². The van der Waals surface area contributed by atoms with Gasteiger partial charge in [0, 0.05) is 12.6 Å². The lowest BCUT2D eigenvalue weighted by Gasteiger charge is -2.23. The fourth-order valence-electron chi connectivity index (χ4n) is 2.83. The second-order valence-electron chi connectivity index (χ2n) is 5.41. The minimum atomic E-state index is 0.687. The highest BCUT2D eigenvalue weighted by Crippen LogP contribution is 2.31. The molecule has 0 atom stereocenters. The van der Waals surface area contributed by atoms with E-state index < -0.39 is 0 Å². The number of benzene rings is 1. The van der Waals surface area contributed by atoms with E-state index in [1.807, 2.05) is 26.0 Å². The summed E-state index contributed by atoms with van der Waals surface area (Å²) >= 11 is 0. The van der Waals surface area contributed by atoms with Gasteiger partial charge in [0.15, 0.2) is 0 Å². The lowest BCUT2D eigenvalue weighted by atomic mass is 9.89. The Balaban J connectivity index is 2.00. The highest BCUT2D eigenvalue weighted by atomic mass is 16.5. The van der Waals surface area contributed by atoms with Gasteiger partial charge in [0.1, 0.15) is 11.5 Å². The van der Waals surface area contributed by atoms with E-state index in [0.717, 1.165) is 29.6 Å². The van der Waals surface area contributed by atoms with Crippen LogP contribution in [0.1, 0.15) is 46.0 Å². The number of nitrogens with one attached hydrogen (secondary N) is 1. The predicted octanol–water partition coefficient (Wildman–Crippen LogP) is 4.48. The lowest BCUT2D eigenvalue weighted by Crippen LogP contribution is -2.17. The van der Waals surface area contributed by atoms with Crippen molar-refractivity contribution in [2.24, 2.45) is 5.92 Å². The van der Waals surface area contributed by atoms with Crippen molar-refractivity contribution in [3.05, 3.63) is 18.2 Å². The largest absolute Gasteiger partial charge is 0.494 e. The number of anilines is 1. The molecule has 3 nitrogen and oxygen atoms in total. The van der Waals surface area contributed by atoms with Crippen LogP contribution >= 0.6 is 0 Å². The zero-order chi connectivity index (χ0) is 14.2. The van der Waals surface area contributed by atoms with E-state index >= 15 is 0 Å². The maximum absolute atomic E-state index is 5.69. The third-order valence-corrected chi connectivity index (χ3v) is 3.87. The molecule has 0 amide bonds. The second kappa shape index (κ2) is 8.03. The maximum atomic E-state index is 5.69. The van der Waals surface area contributed by atoms with Gasteiger partial charge in [0.2, 0.25) is 0 Å². The van der Waals surface area contributed by atoms with E-state index in [2.05, 4.69) is 11.4 Å². The summed E-state index contributed by atoms with van der Waals surface area (Å²) in [4.78, 5) is 0. The fraction of sp³-hybridized carbons (Fsp3) is 0.647. The monoisotopic (exact) mass is 277 g/mol. The summed E-state index contributed by atoms with van der Waals surface area (Å²) in [5, 5.41) is 3.56. The van der Waals surface area contributed by atoms with Crippen LogP contribution in [0, 0.1) is 5.92 Å². The summed E-state index contributed by atoms with van der Waals surface area (Å²) in [5.41, 5.74) is 1.06. The topological polar surface area (TPSA) is 30.5 Å². The molecule has 0 aromatic heterocycles. The summed E-state index contributed by atoms with van der Waals surface area (Å²) in [6, 6.07) is 6.02. The van der Waals surface area contributed by atoms with Gasteiger partial charge in [-0.25, -0.2) is 0 Å². The van der Waals surface area contributed by atoms with Gasteiger partial charge >= 0.3 is 0 Å². The van der Waals surface area contributed by atoms with E-state index in [0.29, 0.717) is 13.2 Å². The van der Waals surface area contributed by atoms with Crippen LogP contribution < -0.4 is 14.8 Å². The van der Waals surface area contributed by atoms with Crippen LogP contribution in [0.5, 0.6) is 11.5 Å². The SMILES string of the molecule is CCOc1ccc(OCC)c(NCC2CCCCC2)c1. The molecule has 0 heterocycles. The van der Waals surface area contributed by atoms with Gasteiger partial charge in [-0.3, -0.25) is 0 Å². The van der Waals surface area contributed by atoms with Gasteiger partial charge in [-0.2, -0.15) is 0 Å². The van der Waals surface area contributed by atoms with Crippen LogP contribution in [-0.4, -0.2) is 19.8 Å². The molecular weight excluding hydrogens is 250 g/mol. The van der Waals surface area contributed by atoms with Crippen molar-refractivity contribution in [3.8, 4) is 11.5 Å². The molecule has 1 saturated carbocycles. The van der Waals surface area contributed by atoms with Crippen molar-refractivity contribution in [1.82, 2.24) is 0 Å². The Bertz CT molecular complexity index is 400. The average molecular weight is 277 g/mol. The molecule has 0 aliphatic heterocycles. The predicted molar refractivity (Wildman–Crippen MR) is 83.8 cm³/mol. The molecule has 0 saturated heterocycles. The van der Waals surface area contributed by atoms with Crippen molar-refractivity contribution >= 4 is 5.69 Å². The van der Waals surface area contributed by atoms with Crippen LogP contribution in [0.4, 0.5) is 5.69 Å². The van der Waals surface area contributed by atoms with Crippen LogP contribution in [0.25, 0.3) is 0 Å². The first-order chi connectivity index (χ1) is 9.83. The first-order valence-corrected chi connectivity index (χ1v) is 7.97. The summed E-state index contributed by atoms with van der Waals surface area (Å²) in [6.45, 7) is 6.44. The Morgan fingerprint density at radius 3 is 2.50 bits per heavy atom. The molecule has 1 aromatic rings. The number of rotatable bonds is 7. The van der Waals surface area contributed by atoms with E-state index in [1.54, 1.807) is 0 Å². The molecule has 1 aromatic carbocycles. The molecule has 1 aliphatic rings. The van der Waals surface area contributed by atoms with E-state index in [-0.39, 0.29) is 0 Å². The summed E-state index contributed by atoms with van der Waals surface area (Å²) < 4.78 is 11.3. The second-order valence-corrected chi connectivity index (χ2v) is 5.41. The zero-order valence-corrected chi connectivity index (χ0v) is 12.8. The molecule has 112 valence electrons. The Morgan fingerprint density at radius 2 is 1.80 bits per heavy atom. The lowest BCUT2D eigenvalue weighted by molar-refractivity contribution is 0.331. The Hall–Kier alpha value is -1.38. The molecule has 1 fully saturated rings. The molecule has 1 N–H and O–H groups in total. The van der Waals surface area contributed by atoms with Crippen LogP contribution in [0.15, 0.2) is 18.2 Å². The smallest absolute Gasteiger partial charge is 0.142 e. The van der Waals surface area contributed by atoms with Gasteiger partial charge in [-0.1, -0.05) is 19.3 Å². The van der Waals surface area contributed by atoms with Gasteiger partial charge < -0.3 is 14.8 Å². The molecule has 0 radical (unpaired) electrons. The molecule has 0 unspecified atom stereocenters. The third kappa shape index (κ3) is 4.32. The fourth-order valence-corrected chi connectivity index (χ4v) is 2.83. The van der Waals surface area contributed by atoms with Gasteiger partial charge in [-0.15, -0.1) is 0 Å². The van der Waals surface area contributed by atoms with E-state index in [9.17, 15) is 0 Å². The third-order valence-electron chi connectivity index (χ3n) is 3.87. The molecule has 2 rings (SSSR count). The van der Waals surface area contributed by atoms with E-state index in [1.165, 1.54) is 32.1 Å². The summed E-state index contributed by atoms with van der Waals surface area (Å²) in [6.07, 6.45) is 6.86. The van der Waals surface area contributed by atoms with Crippen molar-refractivity contribution in [1.29, 1.82) is 0 Å². The molecule has 0 bridgehead atoms. The van der Waals surface area contributed by atoms with Gasteiger partial charge in [0.05, 0.1) is 18.9 Å². The zero-order valence-electron chi connectivity index (χ0n) is 12.8. The number of hydrogen-bond acceptors (Lipinski definition) is 3. The average Bonchev–Trinajstić information content (AvgIpc) is 2.49. The highest BCUT2D eigenvalue weighted by Gasteiger charge is 2.14. The maximum Gasteiger partial charge on any atom is 0.142 e. The van der Waals surface area contributed by atoms with Gasteiger partial charge in [-0.05, 0) is 44.7 Å². The van der Waals surface area contributed by atoms with Gasteiger partial charge in [0.25, 0.3) is 0 Å². The standard InChI is InChI=1S/C17H27NO2/c1-3-19-15-10-11-17(20-4-2)16(12-15)18-13-14-8-6-5-7-9-14/h10-12,14,18H,3-9,13H2,1-2H3. The Labute approximate surface area is 122 Å². The van der Waals surface area contributed by atoms with E-state index in [4.69, 9.17) is 9.47 Å². The first-order valence-electron chi connectivity index (χ1n) is 7.97. The highest BCUT2D eigenvalue weighted by molar-refractivity contribution is 5.59. The minimum Gasteiger partial charge on any atom is -0.494 e. The minimum absolute atomic E-state index is 0.687. The summed E-state index contributed by atoms with van der Waals surface area (Å²) in [7, 11) is 0. The van der Waals surface area contributed by atoms with Crippen LogP contribution in [0.3, 0.4) is 0 Å².